The van der Waals surface area contributed by atoms with Crippen LogP contribution in [0.3, 0.4) is 0 Å². The molecule has 34 heavy (non-hydrogen) atoms. The van der Waals surface area contributed by atoms with E-state index >= 15 is 0 Å². The maximum Gasteiger partial charge on any atom is 0.424 e. The smallest absolute Gasteiger partial charge is 0.424 e. The molecular formula is C23H39N3O8. The predicted octanol–water partition coefficient (Wildman–Crippen LogP) is 2.71. The Hall–Kier alpha value is -3.08. The maximum absolute atomic E-state index is 12.0. The molecule has 1 unspecified atom stereocenters. The standard InChI is InChI=1S/C23H39N3O8/c1-16(2)19(27)31-10-12-33-21(29)25-9-8-18(5)14-23(6,7)15-26(24)22(30)34-13-11-32-20(28)17(3)4/h18H,1,3,8-15,24H2,2,4-7H3,(H,25,29). The van der Waals surface area contributed by atoms with Crippen LogP contribution in [0, 0.1) is 11.3 Å². The summed E-state index contributed by atoms with van der Waals surface area (Å²) in [4.78, 5) is 46.2. The molecule has 0 aromatic heterocycles. The van der Waals surface area contributed by atoms with Crippen LogP contribution < -0.4 is 11.2 Å². The van der Waals surface area contributed by atoms with Crippen molar-refractivity contribution in [1.29, 1.82) is 0 Å². The highest BCUT2D eigenvalue weighted by Crippen LogP contribution is 2.27. The highest BCUT2D eigenvalue weighted by molar-refractivity contribution is 5.87. The minimum absolute atomic E-state index is 0.0403. The summed E-state index contributed by atoms with van der Waals surface area (Å²) in [7, 11) is 0. The number of hydrogen-bond acceptors (Lipinski definition) is 9. The van der Waals surface area contributed by atoms with Gasteiger partial charge >= 0.3 is 24.1 Å². The molecule has 0 radical (unpaired) electrons. The zero-order chi connectivity index (χ0) is 26.3. The average Bonchev–Trinajstić information content (AvgIpc) is 2.72. The molecule has 0 spiro atoms. The predicted molar refractivity (Wildman–Crippen MR) is 125 cm³/mol. The number of esters is 2. The number of carbonyl (C=O) groups is 4. The average molecular weight is 486 g/mol. The largest absolute Gasteiger partial charge is 0.459 e. The third-order valence-electron chi connectivity index (χ3n) is 4.43. The molecule has 0 heterocycles. The molecule has 0 bridgehead atoms. The second kappa shape index (κ2) is 15.7. The first-order valence-electron chi connectivity index (χ1n) is 11.0. The van der Waals surface area contributed by atoms with Crippen molar-refractivity contribution in [3.63, 3.8) is 0 Å². The van der Waals surface area contributed by atoms with Crippen molar-refractivity contribution < 1.29 is 38.1 Å². The van der Waals surface area contributed by atoms with Crippen LogP contribution in [0.25, 0.3) is 0 Å². The van der Waals surface area contributed by atoms with Gasteiger partial charge in [-0.1, -0.05) is 33.9 Å². The van der Waals surface area contributed by atoms with Gasteiger partial charge in [-0.05, 0) is 38.0 Å². The van der Waals surface area contributed by atoms with Gasteiger partial charge in [-0.25, -0.2) is 30.0 Å². The molecule has 0 aromatic carbocycles. The van der Waals surface area contributed by atoms with E-state index in [9.17, 15) is 19.2 Å². The molecule has 2 amide bonds. The van der Waals surface area contributed by atoms with Gasteiger partial charge in [-0.3, -0.25) is 0 Å². The molecule has 1 atom stereocenters. The molecular weight excluding hydrogens is 446 g/mol. The third-order valence-corrected chi connectivity index (χ3v) is 4.43. The first-order chi connectivity index (χ1) is 15.7. The maximum atomic E-state index is 12.0. The molecule has 0 fully saturated rings. The van der Waals surface area contributed by atoms with Crippen molar-refractivity contribution in [2.24, 2.45) is 17.2 Å². The van der Waals surface area contributed by atoms with Crippen LogP contribution in [0.2, 0.25) is 0 Å². The number of rotatable bonds is 15. The number of ether oxygens (including phenoxy) is 4. The van der Waals surface area contributed by atoms with Gasteiger partial charge in [-0.2, -0.15) is 0 Å². The normalized spacial score (nSPS) is 11.6. The van der Waals surface area contributed by atoms with Crippen LogP contribution in [-0.2, 0) is 28.5 Å². The summed E-state index contributed by atoms with van der Waals surface area (Å²) >= 11 is 0. The summed E-state index contributed by atoms with van der Waals surface area (Å²) in [5.41, 5.74) is 0.224. The summed E-state index contributed by atoms with van der Waals surface area (Å²) in [6.45, 7) is 16.3. The molecule has 0 aliphatic rings. The molecule has 0 saturated carbocycles. The van der Waals surface area contributed by atoms with E-state index in [1.807, 2.05) is 20.8 Å². The number of hydrazine groups is 1. The van der Waals surface area contributed by atoms with Crippen molar-refractivity contribution in [2.45, 2.75) is 47.5 Å². The second-order valence-corrected chi connectivity index (χ2v) is 8.90. The topological polar surface area (TPSA) is 146 Å². The van der Waals surface area contributed by atoms with Gasteiger partial charge in [-0.15, -0.1) is 0 Å². The van der Waals surface area contributed by atoms with E-state index in [4.69, 9.17) is 24.8 Å². The Morgan fingerprint density at radius 2 is 1.38 bits per heavy atom. The number of alkyl carbamates (subject to hydrolysis) is 1. The van der Waals surface area contributed by atoms with Gasteiger partial charge in [0.05, 0.1) is 0 Å². The number of nitrogens with one attached hydrogen (secondary N) is 1. The molecule has 0 rings (SSSR count). The van der Waals surface area contributed by atoms with Gasteiger partial charge in [0.1, 0.15) is 26.4 Å². The van der Waals surface area contributed by atoms with Crippen LogP contribution in [0.5, 0.6) is 0 Å². The van der Waals surface area contributed by atoms with Crippen LogP contribution in [-0.4, -0.2) is 68.7 Å². The van der Waals surface area contributed by atoms with E-state index in [1.165, 1.54) is 13.8 Å². The van der Waals surface area contributed by atoms with E-state index in [-0.39, 0.29) is 55.5 Å². The first-order valence-corrected chi connectivity index (χ1v) is 11.0. The molecule has 11 heteroatoms. The summed E-state index contributed by atoms with van der Waals surface area (Å²) in [5.74, 6) is 4.96. The molecule has 194 valence electrons. The lowest BCUT2D eigenvalue weighted by molar-refractivity contribution is -0.140. The van der Waals surface area contributed by atoms with E-state index in [2.05, 4.69) is 18.5 Å². The number of nitrogens with zero attached hydrogens (tertiary/aromatic N) is 1. The van der Waals surface area contributed by atoms with Crippen molar-refractivity contribution in [3.05, 3.63) is 24.3 Å². The fraction of sp³-hybridized carbons (Fsp3) is 0.652. The Kier molecular flexibility index (Phi) is 14.3. The molecule has 0 aliphatic carbocycles. The minimum Gasteiger partial charge on any atom is -0.459 e. The van der Waals surface area contributed by atoms with E-state index < -0.39 is 24.1 Å². The summed E-state index contributed by atoms with van der Waals surface area (Å²) < 4.78 is 19.6. The Labute approximate surface area is 201 Å². The number of nitrogens with two attached hydrogens (primary N) is 1. The third kappa shape index (κ3) is 14.9. The zero-order valence-corrected chi connectivity index (χ0v) is 20.9. The molecule has 3 N–H and O–H groups in total. The highest BCUT2D eigenvalue weighted by atomic mass is 16.6. The van der Waals surface area contributed by atoms with E-state index in [1.54, 1.807) is 0 Å². The molecule has 0 aromatic rings. The van der Waals surface area contributed by atoms with Gasteiger partial charge in [0.2, 0.25) is 0 Å². The number of carbonyl (C=O) groups excluding carboxylic acids is 4. The van der Waals surface area contributed by atoms with Crippen LogP contribution in [0.1, 0.15) is 47.5 Å². The van der Waals surface area contributed by atoms with Crippen LogP contribution in [0.15, 0.2) is 24.3 Å². The second-order valence-electron chi connectivity index (χ2n) is 8.90. The number of amides is 2. The fourth-order valence-corrected chi connectivity index (χ4v) is 2.97. The minimum atomic E-state index is -0.717. The van der Waals surface area contributed by atoms with Gasteiger partial charge in [0.25, 0.3) is 0 Å². The van der Waals surface area contributed by atoms with Gasteiger partial charge in [0, 0.05) is 24.2 Å². The summed E-state index contributed by atoms with van der Waals surface area (Å²) in [6, 6.07) is 0. The fourth-order valence-electron chi connectivity index (χ4n) is 2.97. The lowest BCUT2D eigenvalue weighted by atomic mass is 9.82. The van der Waals surface area contributed by atoms with Crippen LogP contribution in [0.4, 0.5) is 9.59 Å². The van der Waals surface area contributed by atoms with E-state index in [0.29, 0.717) is 13.0 Å². The molecule has 0 aliphatic heterocycles. The van der Waals surface area contributed by atoms with Crippen molar-refractivity contribution in [2.75, 3.05) is 39.5 Å². The summed E-state index contributed by atoms with van der Waals surface area (Å²) in [5, 5.41) is 3.63. The van der Waals surface area contributed by atoms with E-state index in [0.717, 1.165) is 11.4 Å². The van der Waals surface area contributed by atoms with Crippen molar-refractivity contribution in [1.82, 2.24) is 10.3 Å². The first kappa shape index (κ1) is 30.9. The lowest BCUT2D eigenvalue weighted by Crippen LogP contribution is -2.44. The van der Waals surface area contributed by atoms with Crippen LogP contribution >= 0.6 is 0 Å². The lowest BCUT2D eigenvalue weighted by Gasteiger charge is -2.31. The SMILES string of the molecule is C=C(C)C(=O)OCCOC(=O)NCCC(C)CC(C)(C)CN(N)C(=O)OCCOC(=O)C(=C)C. The Morgan fingerprint density at radius 3 is 1.88 bits per heavy atom. The van der Waals surface area contributed by atoms with Gasteiger partial charge in [0.15, 0.2) is 0 Å². The Morgan fingerprint density at radius 1 is 0.912 bits per heavy atom. The summed E-state index contributed by atoms with van der Waals surface area (Å²) in [6.07, 6.45) is 0.109. The zero-order valence-electron chi connectivity index (χ0n) is 20.9. The monoisotopic (exact) mass is 485 g/mol. The quantitative estimate of drug-likeness (QED) is 0.0679. The molecule has 0 saturated heterocycles. The molecule has 11 nitrogen and oxygen atoms in total. The Bertz CT molecular complexity index is 736. The highest BCUT2D eigenvalue weighted by Gasteiger charge is 2.26. The van der Waals surface area contributed by atoms with Crippen molar-refractivity contribution in [3.8, 4) is 0 Å². The van der Waals surface area contributed by atoms with Crippen molar-refractivity contribution >= 4 is 24.1 Å². The number of hydrogen-bond donors (Lipinski definition) is 2. The Balaban J connectivity index is 4.13. The van der Waals surface area contributed by atoms with Gasteiger partial charge < -0.3 is 24.3 Å².